The first kappa shape index (κ1) is 15.0. The molecular weight excluding hydrogens is 284 g/mol. The van der Waals surface area contributed by atoms with Crippen molar-refractivity contribution in [1.29, 1.82) is 0 Å². The molecule has 20 heavy (non-hydrogen) atoms. The fraction of sp³-hybridized carbons (Fsp3) is 0.583. The smallest absolute Gasteiger partial charge is 0.374 e. The first-order chi connectivity index (χ1) is 9.42. The largest absolute Gasteiger partial charge is 0.463 e. The highest BCUT2D eigenvalue weighted by Crippen LogP contribution is 2.30. The Hall–Kier alpha value is -1.38. The minimum Gasteiger partial charge on any atom is -0.463 e. The van der Waals surface area contributed by atoms with E-state index in [0.29, 0.717) is 12.8 Å². The van der Waals surface area contributed by atoms with Crippen LogP contribution >= 0.6 is 0 Å². The highest BCUT2D eigenvalue weighted by Gasteiger charge is 2.38. The normalized spacial score (nSPS) is 18.1. The van der Waals surface area contributed by atoms with Crippen molar-refractivity contribution in [2.24, 2.45) is 5.73 Å². The second-order valence-corrected chi connectivity index (χ2v) is 6.52. The maximum Gasteiger partial charge on any atom is 0.374 e. The molecule has 8 heteroatoms. The number of furan rings is 1. The van der Waals surface area contributed by atoms with Crippen molar-refractivity contribution >= 4 is 16.0 Å². The maximum absolute atomic E-state index is 12.3. The number of sulfonamides is 1. The lowest BCUT2D eigenvalue weighted by Crippen LogP contribution is -2.51. The highest BCUT2D eigenvalue weighted by molar-refractivity contribution is 7.89. The Labute approximate surface area is 117 Å². The van der Waals surface area contributed by atoms with E-state index in [9.17, 15) is 13.2 Å². The third kappa shape index (κ3) is 2.87. The Morgan fingerprint density at radius 1 is 1.45 bits per heavy atom. The number of rotatable bonds is 5. The Kier molecular flexibility index (Phi) is 4.17. The molecule has 0 bridgehead atoms. The molecule has 1 aliphatic rings. The van der Waals surface area contributed by atoms with Crippen LogP contribution in [0.3, 0.4) is 0 Å². The van der Waals surface area contributed by atoms with Gasteiger partial charge >= 0.3 is 5.97 Å². The van der Waals surface area contributed by atoms with Gasteiger partial charge in [-0.2, -0.15) is 0 Å². The number of nitrogens with two attached hydrogens (primary N) is 1. The summed E-state index contributed by atoms with van der Waals surface area (Å²) in [6.07, 6.45) is 3.27. The van der Waals surface area contributed by atoms with Crippen molar-refractivity contribution in [2.45, 2.75) is 36.3 Å². The molecule has 0 spiro atoms. The topological polar surface area (TPSA) is 112 Å². The predicted octanol–water partition coefficient (Wildman–Crippen LogP) is 0.616. The van der Waals surface area contributed by atoms with Gasteiger partial charge < -0.3 is 14.9 Å². The molecule has 1 aliphatic carbocycles. The molecule has 2 rings (SSSR count). The van der Waals surface area contributed by atoms with Gasteiger partial charge in [0, 0.05) is 12.1 Å². The molecule has 7 nitrogen and oxygen atoms in total. The summed E-state index contributed by atoms with van der Waals surface area (Å²) >= 11 is 0. The van der Waals surface area contributed by atoms with E-state index in [1.165, 1.54) is 19.2 Å². The number of methoxy groups -OCH3 is 1. The molecule has 1 saturated carbocycles. The molecule has 0 aromatic carbocycles. The average molecular weight is 302 g/mol. The summed E-state index contributed by atoms with van der Waals surface area (Å²) in [4.78, 5) is 11.3. The average Bonchev–Trinajstić information content (AvgIpc) is 3.07. The minimum absolute atomic E-state index is 0.152. The number of nitrogens with one attached hydrogen (secondary N) is 1. The van der Waals surface area contributed by atoms with Crippen LogP contribution < -0.4 is 10.5 Å². The minimum atomic E-state index is -3.84. The molecule has 0 aliphatic heterocycles. The summed E-state index contributed by atoms with van der Waals surface area (Å²) < 4.78 is 36.6. The summed E-state index contributed by atoms with van der Waals surface area (Å²) in [6, 6.07) is 2.50. The molecule has 1 fully saturated rings. The second-order valence-electron chi connectivity index (χ2n) is 4.91. The van der Waals surface area contributed by atoms with Gasteiger partial charge in [0.05, 0.1) is 7.11 Å². The number of ether oxygens (including phenoxy) is 1. The number of esters is 1. The van der Waals surface area contributed by atoms with Gasteiger partial charge in [-0.15, -0.1) is 0 Å². The SMILES string of the molecule is COC(=O)c1ccc(S(=O)(=O)NC2(CN)CCCC2)o1. The van der Waals surface area contributed by atoms with Crippen LogP contribution in [-0.2, 0) is 14.8 Å². The van der Waals surface area contributed by atoms with Crippen molar-refractivity contribution in [3.63, 3.8) is 0 Å². The van der Waals surface area contributed by atoms with Crippen LogP contribution in [0.4, 0.5) is 0 Å². The van der Waals surface area contributed by atoms with Gasteiger partial charge in [0.1, 0.15) is 0 Å². The van der Waals surface area contributed by atoms with E-state index in [4.69, 9.17) is 10.2 Å². The third-order valence-corrected chi connectivity index (χ3v) is 4.99. The Morgan fingerprint density at radius 2 is 2.10 bits per heavy atom. The Bertz CT molecular complexity index is 587. The lowest BCUT2D eigenvalue weighted by Gasteiger charge is -2.27. The van der Waals surface area contributed by atoms with Crippen LogP contribution in [-0.4, -0.2) is 33.6 Å². The van der Waals surface area contributed by atoms with Crippen LogP contribution in [0, 0.1) is 0 Å². The van der Waals surface area contributed by atoms with Crippen LogP contribution in [0.1, 0.15) is 36.2 Å². The number of carbonyl (C=O) groups excluding carboxylic acids is 1. The van der Waals surface area contributed by atoms with Gasteiger partial charge in [-0.1, -0.05) is 12.8 Å². The number of hydrogen-bond acceptors (Lipinski definition) is 6. The van der Waals surface area contributed by atoms with E-state index in [2.05, 4.69) is 9.46 Å². The number of carbonyl (C=O) groups is 1. The summed E-state index contributed by atoms with van der Waals surface area (Å²) in [5.74, 6) is -0.873. The van der Waals surface area contributed by atoms with Crippen molar-refractivity contribution in [2.75, 3.05) is 13.7 Å². The number of hydrogen-bond donors (Lipinski definition) is 2. The van der Waals surface area contributed by atoms with Crippen molar-refractivity contribution < 1.29 is 22.4 Å². The zero-order valence-electron chi connectivity index (χ0n) is 11.2. The van der Waals surface area contributed by atoms with Crippen molar-refractivity contribution in [1.82, 2.24) is 4.72 Å². The molecule has 3 N–H and O–H groups in total. The molecule has 1 aromatic heterocycles. The second kappa shape index (κ2) is 5.55. The van der Waals surface area contributed by atoms with E-state index >= 15 is 0 Å². The maximum atomic E-state index is 12.3. The standard InChI is InChI=1S/C12H18N2O5S/c1-18-11(15)9-4-5-10(19-9)20(16,17)14-12(8-13)6-2-3-7-12/h4-5,14H,2-3,6-8,13H2,1H3. The lowest BCUT2D eigenvalue weighted by molar-refractivity contribution is 0.0559. The fourth-order valence-electron chi connectivity index (χ4n) is 2.41. The summed E-state index contributed by atoms with van der Waals surface area (Å²) in [5.41, 5.74) is 5.08. The molecule has 0 atom stereocenters. The molecular formula is C12H18N2O5S. The van der Waals surface area contributed by atoms with E-state index in [1.807, 2.05) is 0 Å². The molecule has 112 valence electrons. The summed E-state index contributed by atoms with van der Waals surface area (Å²) in [6.45, 7) is 0.233. The van der Waals surface area contributed by atoms with Crippen molar-refractivity contribution in [3.8, 4) is 0 Å². The summed E-state index contributed by atoms with van der Waals surface area (Å²) in [5, 5.41) is -0.308. The van der Waals surface area contributed by atoms with Crippen molar-refractivity contribution in [3.05, 3.63) is 17.9 Å². The van der Waals surface area contributed by atoms with Gasteiger partial charge in [-0.3, -0.25) is 0 Å². The van der Waals surface area contributed by atoms with E-state index < -0.39 is 21.5 Å². The van der Waals surface area contributed by atoms with Gasteiger partial charge in [0.2, 0.25) is 10.9 Å². The van der Waals surface area contributed by atoms with Crippen LogP contribution in [0.5, 0.6) is 0 Å². The third-order valence-electron chi connectivity index (χ3n) is 3.54. The van der Waals surface area contributed by atoms with Crippen LogP contribution in [0.15, 0.2) is 21.6 Å². The molecule has 0 saturated heterocycles. The molecule has 1 heterocycles. The van der Waals surface area contributed by atoms with Gasteiger partial charge in [0.25, 0.3) is 10.0 Å². The highest BCUT2D eigenvalue weighted by atomic mass is 32.2. The lowest BCUT2D eigenvalue weighted by atomic mass is 10.0. The van der Waals surface area contributed by atoms with E-state index in [-0.39, 0.29) is 17.4 Å². The van der Waals surface area contributed by atoms with Crippen LogP contribution in [0.2, 0.25) is 0 Å². The Balaban J connectivity index is 2.22. The van der Waals surface area contributed by atoms with Gasteiger partial charge in [0.15, 0.2) is 0 Å². The first-order valence-electron chi connectivity index (χ1n) is 6.35. The van der Waals surface area contributed by atoms with Gasteiger partial charge in [-0.05, 0) is 25.0 Å². The zero-order chi connectivity index (χ0) is 14.8. The van der Waals surface area contributed by atoms with Crippen LogP contribution in [0.25, 0.3) is 0 Å². The summed E-state index contributed by atoms with van der Waals surface area (Å²) in [7, 11) is -2.65. The van der Waals surface area contributed by atoms with Gasteiger partial charge in [-0.25, -0.2) is 17.9 Å². The molecule has 0 radical (unpaired) electrons. The molecule has 1 aromatic rings. The van der Waals surface area contributed by atoms with E-state index in [0.717, 1.165) is 12.8 Å². The molecule has 0 unspecified atom stereocenters. The van der Waals surface area contributed by atoms with E-state index in [1.54, 1.807) is 0 Å². The monoisotopic (exact) mass is 302 g/mol. The Morgan fingerprint density at radius 3 is 2.65 bits per heavy atom. The quantitative estimate of drug-likeness (QED) is 0.771. The predicted molar refractivity (Wildman–Crippen MR) is 70.6 cm³/mol. The zero-order valence-corrected chi connectivity index (χ0v) is 12.0. The first-order valence-corrected chi connectivity index (χ1v) is 7.83. The molecule has 0 amide bonds. The fourth-order valence-corrected chi connectivity index (χ4v) is 3.81.